The number of rotatable bonds is 4. The van der Waals surface area contributed by atoms with E-state index in [0.717, 1.165) is 11.4 Å². The van der Waals surface area contributed by atoms with E-state index >= 15 is 0 Å². The minimum absolute atomic E-state index is 0.562. The lowest BCUT2D eigenvalue weighted by Crippen LogP contribution is -1.98. The Morgan fingerprint density at radius 1 is 1.41 bits per heavy atom. The third-order valence-electron chi connectivity index (χ3n) is 2.21. The molecule has 2 heterocycles. The Kier molecular flexibility index (Phi) is 3.22. The van der Waals surface area contributed by atoms with Crippen LogP contribution in [0.4, 0.5) is 11.5 Å². The van der Waals surface area contributed by atoms with Crippen molar-refractivity contribution < 1.29 is 4.74 Å². The Balaban J connectivity index is 2.18. The van der Waals surface area contributed by atoms with Gasteiger partial charge in [0.05, 0.1) is 18.0 Å². The first-order chi connectivity index (χ1) is 8.19. The van der Waals surface area contributed by atoms with Crippen LogP contribution in [0.2, 0.25) is 0 Å². The molecule has 0 bridgehead atoms. The smallest absolute Gasteiger partial charge is 0.218 e. The van der Waals surface area contributed by atoms with E-state index in [1.54, 1.807) is 10.7 Å². The molecule has 0 aliphatic carbocycles. The highest BCUT2D eigenvalue weighted by Gasteiger charge is 2.05. The lowest BCUT2D eigenvalue weighted by Gasteiger charge is -2.05. The number of ether oxygens (including phenoxy) is 1. The number of aryl methyl sites for hydroxylation is 2. The molecule has 0 unspecified atom stereocenters. The standard InChI is InChI=1S/C11H15N5O/c1-4-17-11-5-10(12-7-13-11)14-9-6-16(3)15-8(9)2/h5-7H,4H2,1-3H3,(H,12,13,14). The second kappa shape index (κ2) is 4.82. The fourth-order valence-electron chi connectivity index (χ4n) is 1.49. The summed E-state index contributed by atoms with van der Waals surface area (Å²) in [5.41, 5.74) is 1.85. The van der Waals surface area contributed by atoms with Gasteiger partial charge in [-0.3, -0.25) is 4.68 Å². The monoisotopic (exact) mass is 233 g/mol. The van der Waals surface area contributed by atoms with Crippen LogP contribution in [0, 0.1) is 6.92 Å². The molecular formula is C11H15N5O. The normalized spacial score (nSPS) is 10.3. The van der Waals surface area contributed by atoms with E-state index < -0.39 is 0 Å². The molecule has 0 aliphatic rings. The summed E-state index contributed by atoms with van der Waals surface area (Å²) in [5.74, 6) is 1.26. The molecule has 2 aromatic heterocycles. The maximum atomic E-state index is 5.31. The highest BCUT2D eigenvalue weighted by molar-refractivity contribution is 5.57. The van der Waals surface area contributed by atoms with E-state index in [1.165, 1.54) is 6.33 Å². The molecular weight excluding hydrogens is 218 g/mol. The summed E-state index contributed by atoms with van der Waals surface area (Å²) in [5, 5.41) is 7.42. The first-order valence-corrected chi connectivity index (χ1v) is 5.41. The molecule has 0 saturated heterocycles. The highest BCUT2D eigenvalue weighted by atomic mass is 16.5. The van der Waals surface area contributed by atoms with Crippen molar-refractivity contribution >= 4 is 11.5 Å². The highest BCUT2D eigenvalue weighted by Crippen LogP contribution is 2.19. The first kappa shape index (κ1) is 11.4. The molecule has 1 N–H and O–H groups in total. The van der Waals surface area contributed by atoms with Crippen molar-refractivity contribution in [2.24, 2.45) is 7.05 Å². The van der Waals surface area contributed by atoms with Crippen LogP contribution in [0.5, 0.6) is 5.88 Å². The van der Waals surface area contributed by atoms with Crippen molar-refractivity contribution in [2.45, 2.75) is 13.8 Å². The van der Waals surface area contributed by atoms with Crippen LogP contribution >= 0.6 is 0 Å². The third-order valence-corrected chi connectivity index (χ3v) is 2.21. The minimum atomic E-state index is 0.562. The van der Waals surface area contributed by atoms with Gasteiger partial charge in [-0.1, -0.05) is 0 Å². The maximum absolute atomic E-state index is 5.31. The summed E-state index contributed by atoms with van der Waals surface area (Å²) in [4.78, 5) is 8.13. The Morgan fingerprint density at radius 2 is 2.24 bits per heavy atom. The molecule has 0 atom stereocenters. The zero-order chi connectivity index (χ0) is 12.3. The lowest BCUT2D eigenvalue weighted by atomic mass is 10.4. The van der Waals surface area contributed by atoms with Gasteiger partial charge in [-0.2, -0.15) is 5.10 Å². The molecule has 0 aliphatic heterocycles. The Morgan fingerprint density at radius 3 is 2.88 bits per heavy atom. The van der Waals surface area contributed by atoms with Crippen molar-refractivity contribution in [3.63, 3.8) is 0 Å². The van der Waals surface area contributed by atoms with Crippen LogP contribution in [-0.4, -0.2) is 26.4 Å². The van der Waals surface area contributed by atoms with Gasteiger partial charge in [-0.25, -0.2) is 9.97 Å². The second-order valence-electron chi connectivity index (χ2n) is 3.60. The van der Waals surface area contributed by atoms with E-state index in [2.05, 4.69) is 20.4 Å². The lowest BCUT2D eigenvalue weighted by molar-refractivity contribution is 0.326. The number of hydrogen-bond donors (Lipinski definition) is 1. The Hall–Kier alpha value is -2.11. The average Bonchev–Trinajstić information content (AvgIpc) is 2.58. The molecule has 2 rings (SSSR count). The fourth-order valence-corrected chi connectivity index (χ4v) is 1.49. The van der Waals surface area contributed by atoms with Gasteiger partial charge in [-0.05, 0) is 13.8 Å². The van der Waals surface area contributed by atoms with Gasteiger partial charge in [0.2, 0.25) is 5.88 Å². The number of aromatic nitrogens is 4. The van der Waals surface area contributed by atoms with Crippen molar-refractivity contribution in [3.05, 3.63) is 24.3 Å². The summed E-state index contributed by atoms with van der Waals surface area (Å²) in [6.45, 7) is 4.44. The average molecular weight is 233 g/mol. The minimum Gasteiger partial charge on any atom is -0.478 e. The second-order valence-corrected chi connectivity index (χ2v) is 3.60. The Bertz CT molecular complexity index is 508. The van der Waals surface area contributed by atoms with Crippen LogP contribution in [-0.2, 0) is 7.05 Å². The molecule has 0 amide bonds. The van der Waals surface area contributed by atoms with E-state index in [9.17, 15) is 0 Å². The van der Waals surface area contributed by atoms with Crippen LogP contribution in [0.15, 0.2) is 18.6 Å². The van der Waals surface area contributed by atoms with Crippen LogP contribution in [0.1, 0.15) is 12.6 Å². The van der Waals surface area contributed by atoms with Crippen LogP contribution < -0.4 is 10.1 Å². The Labute approximate surface area is 99.7 Å². The molecule has 0 spiro atoms. The van der Waals surface area contributed by atoms with Gasteiger partial charge in [0.25, 0.3) is 0 Å². The molecule has 6 heteroatoms. The molecule has 2 aromatic rings. The topological polar surface area (TPSA) is 64.9 Å². The summed E-state index contributed by atoms with van der Waals surface area (Å²) in [7, 11) is 1.88. The summed E-state index contributed by atoms with van der Waals surface area (Å²) in [6, 6.07) is 1.76. The summed E-state index contributed by atoms with van der Waals surface area (Å²) < 4.78 is 7.06. The van der Waals surface area contributed by atoms with Gasteiger partial charge in [0.1, 0.15) is 12.1 Å². The van der Waals surface area contributed by atoms with Crippen molar-refractivity contribution in [3.8, 4) is 5.88 Å². The number of hydrogen-bond acceptors (Lipinski definition) is 5. The number of nitrogens with zero attached hydrogens (tertiary/aromatic N) is 4. The molecule has 0 fully saturated rings. The van der Waals surface area contributed by atoms with E-state index in [1.807, 2.05) is 27.1 Å². The molecule has 6 nitrogen and oxygen atoms in total. The zero-order valence-corrected chi connectivity index (χ0v) is 10.1. The van der Waals surface area contributed by atoms with Crippen molar-refractivity contribution in [1.82, 2.24) is 19.7 Å². The molecule has 0 saturated carbocycles. The third kappa shape index (κ3) is 2.72. The van der Waals surface area contributed by atoms with Crippen molar-refractivity contribution in [1.29, 1.82) is 0 Å². The SMILES string of the molecule is CCOc1cc(Nc2cn(C)nc2C)ncn1. The quantitative estimate of drug-likeness (QED) is 0.870. The number of nitrogens with one attached hydrogen (secondary N) is 1. The summed E-state index contributed by atoms with van der Waals surface area (Å²) in [6.07, 6.45) is 3.37. The van der Waals surface area contributed by atoms with Crippen LogP contribution in [0.3, 0.4) is 0 Å². The van der Waals surface area contributed by atoms with Gasteiger partial charge >= 0.3 is 0 Å². The summed E-state index contributed by atoms with van der Waals surface area (Å²) >= 11 is 0. The van der Waals surface area contributed by atoms with Gasteiger partial charge in [0, 0.05) is 19.3 Å². The predicted molar refractivity (Wildman–Crippen MR) is 64.4 cm³/mol. The molecule has 90 valence electrons. The van der Waals surface area contributed by atoms with Crippen LogP contribution in [0.25, 0.3) is 0 Å². The largest absolute Gasteiger partial charge is 0.478 e. The van der Waals surface area contributed by atoms with E-state index in [-0.39, 0.29) is 0 Å². The number of anilines is 2. The maximum Gasteiger partial charge on any atom is 0.218 e. The van der Waals surface area contributed by atoms with Gasteiger partial charge in [0.15, 0.2) is 0 Å². The predicted octanol–water partition coefficient (Wildman–Crippen LogP) is 1.66. The van der Waals surface area contributed by atoms with Gasteiger partial charge in [-0.15, -0.1) is 0 Å². The first-order valence-electron chi connectivity index (χ1n) is 5.41. The molecule has 0 radical (unpaired) electrons. The fraction of sp³-hybridized carbons (Fsp3) is 0.364. The van der Waals surface area contributed by atoms with E-state index in [0.29, 0.717) is 18.3 Å². The molecule has 0 aromatic carbocycles. The zero-order valence-electron chi connectivity index (χ0n) is 10.1. The van der Waals surface area contributed by atoms with Crippen molar-refractivity contribution in [2.75, 3.05) is 11.9 Å². The van der Waals surface area contributed by atoms with Gasteiger partial charge < -0.3 is 10.1 Å². The molecule has 17 heavy (non-hydrogen) atoms. The van der Waals surface area contributed by atoms with E-state index in [4.69, 9.17) is 4.74 Å².